The van der Waals surface area contributed by atoms with Gasteiger partial charge >= 0.3 is 0 Å². The molecule has 1 aliphatic rings. The molecule has 106 valence electrons. The zero-order chi connectivity index (χ0) is 13.7. The Morgan fingerprint density at radius 3 is 2.63 bits per heavy atom. The third-order valence-electron chi connectivity index (χ3n) is 3.62. The first-order chi connectivity index (χ1) is 9.13. The fourth-order valence-electron chi connectivity index (χ4n) is 2.80. The van der Waals surface area contributed by atoms with Crippen molar-refractivity contribution >= 4 is 11.6 Å². The van der Waals surface area contributed by atoms with E-state index in [2.05, 4.69) is 36.2 Å². The van der Waals surface area contributed by atoms with Gasteiger partial charge in [0.1, 0.15) is 0 Å². The molecule has 1 aromatic carbocycles. The van der Waals surface area contributed by atoms with E-state index in [1.165, 1.54) is 38.2 Å². The average Bonchev–Trinajstić information content (AvgIpc) is 2.84. The highest BCUT2D eigenvalue weighted by atomic mass is 35.5. The Bertz CT molecular complexity index is 369. The van der Waals surface area contributed by atoms with Gasteiger partial charge < -0.3 is 5.32 Å². The minimum absolute atomic E-state index is 0.710. The molecular weight excluding hydrogens is 256 g/mol. The van der Waals surface area contributed by atoms with Crippen molar-refractivity contribution in [3.63, 3.8) is 0 Å². The highest BCUT2D eigenvalue weighted by molar-refractivity contribution is 6.30. The van der Waals surface area contributed by atoms with Crippen LogP contribution in [0.4, 0.5) is 0 Å². The van der Waals surface area contributed by atoms with Crippen LogP contribution in [0.3, 0.4) is 0 Å². The predicted octanol–water partition coefficient (Wildman–Crippen LogP) is 3.41. The Morgan fingerprint density at radius 2 is 2.05 bits per heavy atom. The van der Waals surface area contributed by atoms with E-state index >= 15 is 0 Å². The summed E-state index contributed by atoms with van der Waals surface area (Å²) in [4.78, 5) is 2.59. The smallest absolute Gasteiger partial charge is 0.0406 e. The molecule has 1 aromatic rings. The van der Waals surface area contributed by atoms with Crippen LogP contribution >= 0.6 is 11.6 Å². The molecule has 19 heavy (non-hydrogen) atoms. The van der Waals surface area contributed by atoms with Crippen molar-refractivity contribution in [3.05, 3.63) is 34.9 Å². The molecule has 1 atom stereocenters. The maximum Gasteiger partial charge on any atom is 0.0406 e. The zero-order valence-corrected chi connectivity index (χ0v) is 12.8. The van der Waals surface area contributed by atoms with Gasteiger partial charge in [-0.2, -0.15) is 0 Å². The van der Waals surface area contributed by atoms with Crippen LogP contribution in [0.1, 0.15) is 25.8 Å². The van der Waals surface area contributed by atoms with Gasteiger partial charge in [-0.1, -0.05) is 37.6 Å². The summed E-state index contributed by atoms with van der Waals surface area (Å²) in [5.41, 5.74) is 1.36. The van der Waals surface area contributed by atoms with Crippen molar-refractivity contribution in [2.45, 2.75) is 26.8 Å². The lowest BCUT2D eigenvalue weighted by atomic mass is 10.1. The molecule has 1 heterocycles. The summed E-state index contributed by atoms with van der Waals surface area (Å²) in [5.74, 6) is 1.52. The van der Waals surface area contributed by atoms with Crippen LogP contribution in [-0.4, -0.2) is 31.1 Å². The zero-order valence-electron chi connectivity index (χ0n) is 12.0. The SMILES string of the molecule is CC(C)CN(Cc1ccc(Cl)cc1)C[C@@H]1CCNC1. The number of benzene rings is 1. The molecule has 1 N–H and O–H groups in total. The molecule has 1 saturated heterocycles. The lowest BCUT2D eigenvalue weighted by Crippen LogP contribution is -2.33. The highest BCUT2D eigenvalue weighted by Gasteiger charge is 2.18. The van der Waals surface area contributed by atoms with Crippen molar-refractivity contribution in [1.82, 2.24) is 10.2 Å². The lowest BCUT2D eigenvalue weighted by Gasteiger charge is -2.27. The fourth-order valence-corrected chi connectivity index (χ4v) is 2.93. The first-order valence-corrected chi connectivity index (χ1v) is 7.69. The summed E-state index contributed by atoms with van der Waals surface area (Å²) in [5, 5.41) is 4.28. The van der Waals surface area contributed by atoms with Gasteiger partial charge in [-0.15, -0.1) is 0 Å². The molecular formula is C16H25ClN2. The van der Waals surface area contributed by atoms with E-state index in [0.717, 1.165) is 17.5 Å². The predicted molar refractivity (Wildman–Crippen MR) is 82.5 cm³/mol. The Morgan fingerprint density at radius 1 is 1.32 bits per heavy atom. The number of hydrogen-bond donors (Lipinski definition) is 1. The van der Waals surface area contributed by atoms with Crippen molar-refractivity contribution in [2.75, 3.05) is 26.2 Å². The van der Waals surface area contributed by atoms with Gasteiger partial charge in [-0.25, -0.2) is 0 Å². The minimum Gasteiger partial charge on any atom is -0.316 e. The average molecular weight is 281 g/mol. The van der Waals surface area contributed by atoms with Gasteiger partial charge in [0.25, 0.3) is 0 Å². The van der Waals surface area contributed by atoms with E-state index in [9.17, 15) is 0 Å². The Labute approximate surface area is 122 Å². The number of nitrogens with one attached hydrogen (secondary N) is 1. The van der Waals surface area contributed by atoms with Crippen LogP contribution in [0.2, 0.25) is 5.02 Å². The van der Waals surface area contributed by atoms with Crippen LogP contribution in [0.5, 0.6) is 0 Å². The third-order valence-corrected chi connectivity index (χ3v) is 3.87. The normalized spacial score (nSPS) is 19.5. The summed E-state index contributed by atoms with van der Waals surface area (Å²) in [7, 11) is 0. The molecule has 0 spiro atoms. The molecule has 0 amide bonds. The molecule has 0 aliphatic carbocycles. The van der Waals surface area contributed by atoms with Gasteiger partial charge in [0.05, 0.1) is 0 Å². The minimum atomic E-state index is 0.710. The van der Waals surface area contributed by atoms with Crippen molar-refractivity contribution in [3.8, 4) is 0 Å². The molecule has 0 bridgehead atoms. The number of rotatable bonds is 6. The van der Waals surface area contributed by atoms with Crippen LogP contribution in [-0.2, 0) is 6.54 Å². The lowest BCUT2D eigenvalue weighted by molar-refractivity contribution is 0.205. The molecule has 0 aromatic heterocycles. The van der Waals surface area contributed by atoms with E-state index < -0.39 is 0 Å². The fraction of sp³-hybridized carbons (Fsp3) is 0.625. The molecule has 1 aliphatic heterocycles. The third kappa shape index (κ3) is 5.13. The molecule has 0 radical (unpaired) electrons. The maximum absolute atomic E-state index is 5.95. The summed E-state index contributed by atoms with van der Waals surface area (Å²) >= 11 is 5.95. The second kappa shape index (κ2) is 7.28. The van der Waals surface area contributed by atoms with E-state index in [1.54, 1.807) is 0 Å². The first kappa shape index (κ1) is 14.8. The Kier molecular flexibility index (Phi) is 5.68. The topological polar surface area (TPSA) is 15.3 Å². The standard InChI is InChI=1S/C16H25ClN2/c1-13(2)10-19(12-15-7-8-18-9-15)11-14-3-5-16(17)6-4-14/h3-6,13,15,18H,7-12H2,1-2H3/t15-/m1/s1. The van der Waals surface area contributed by atoms with Crippen LogP contribution in [0, 0.1) is 11.8 Å². The largest absolute Gasteiger partial charge is 0.316 e. The second-order valence-electron chi connectivity index (χ2n) is 6.07. The quantitative estimate of drug-likeness (QED) is 0.859. The van der Waals surface area contributed by atoms with Crippen molar-refractivity contribution < 1.29 is 0 Å². The number of nitrogens with zero attached hydrogens (tertiary/aromatic N) is 1. The number of halogens is 1. The molecule has 0 unspecified atom stereocenters. The van der Waals surface area contributed by atoms with Crippen molar-refractivity contribution in [1.29, 1.82) is 0 Å². The molecule has 1 fully saturated rings. The summed E-state index contributed by atoms with van der Waals surface area (Å²) in [6.07, 6.45) is 1.31. The van der Waals surface area contributed by atoms with Gasteiger partial charge in [-0.05, 0) is 49.0 Å². The van der Waals surface area contributed by atoms with E-state index in [4.69, 9.17) is 11.6 Å². The molecule has 2 rings (SSSR count). The molecule has 3 heteroatoms. The maximum atomic E-state index is 5.95. The Hall–Kier alpha value is -0.570. The second-order valence-corrected chi connectivity index (χ2v) is 6.51. The van der Waals surface area contributed by atoms with E-state index in [-0.39, 0.29) is 0 Å². The number of hydrogen-bond acceptors (Lipinski definition) is 2. The summed E-state index contributed by atoms with van der Waals surface area (Å²) in [6.45, 7) is 10.3. The first-order valence-electron chi connectivity index (χ1n) is 7.31. The van der Waals surface area contributed by atoms with E-state index in [1.807, 2.05) is 12.1 Å². The summed E-state index contributed by atoms with van der Waals surface area (Å²) in [6, 6.07) is 8.26. The van der Waals surface area contributed by atoms with Crippen molar-refractivity contribution in [2.24, 2.45) is 11.8 Å². The van der Waals surface area contributed by atoms with Crippen LogP contribution in [0.15, 0.2) is 24.3 Å². The summed E-state index contributed by atoms with van der Waals surface area (Å²) < 4.78 is 0. The Balaban J connectivity index is 1.93. The van der Waals surface area contributed by atoms with Gasteiger partial charge in [0, 0.05) is 24.7 Å². The van der Waals surface area contributed by atoms with E-state index in [0.29, 0.717) is 5.92 Å². The van der Waals surface area contributed by atoms with Crippen LogP contribution < -0.4 is 5.32 Å². The van der Waals surface area contributed by atoms with Gasteiger partial charge in [-0.3, -0.25) is 4.90 Å². The molecule has 0 saturated carbocycles. The molecule has 2 nitrogen and oxygen atoms in total. The monoisotopic (exact) mass is 280 g/mol. The highest BCUT2D eigenvalue weighted by Crippen LogP contribution is 2.16. The van der Waals surface area contributed by atoms with Gasteiger partial charge in [0.2, 0.25) is 0 Å². The van der Waals surface area contributed by atoms with Crippen LogP contribution in [0.25, 0.3) is 0 Å². The van der Waals surface area contributed by atoms with Gasteiger partial charge in [0.15, 0.2) is 0 Å².